The molecule has 25 heavy (non-hydrogen) atoms. The molecule has 0 bridgehead atoms. The van der Waals surface area contributed by atoms with Gasteiger partial charge in [-0.3, -0.25) is 4.79 Å². The van der Waals surface area contributed by atoms with Crippen LogP contribution in [0.3, 0.4) is 0 Å². The molecular weight excluding hydrogens is 339 g/mol. The number of carbonyl (C=O) groups excluding carboxylic acids is 1. The maximum Gasteiger partial charge on any atom is 0.267 e. The number of hydrogen-bond donors (Lipinski definition) is 1. The van der Waals surface area contributed by atoms with Gasteiger partial charge < -0.3 is 14.6 Å². The van der Waals surface area contributed by atoms with Gasteiger partial charge in [-0.1, -0.05) is 12.1 Å². The van der Waals surface area contributed by atoms with Crippen molar-refractivity contribution in [2.24, 2.45) is 0 Å². The highest BCUT2D eigenvalue weighted by Crippen LogP contribution is 2.26. The SMILES string of the molecule is CCOCCCNC(=O)c1cc2sccc2n1Cc1cccc(F)c1. The normalized spacial score (nSPS) is 11.1. The zero-order valence-electron chi connectivity index (χ0n) is 14.1. The number of carbonyl (C=O) groups is 1. The number of ether oxygens (including phenoxy) is 1. The van der Waals surface area contributed by atoms with Crippen molar-refractivity contribution >= 4 is 27.5 Å². The number of amides is 1. The van der Waals surface area contributed by atoms with Crippen molar-refractivity contribution in [3.05, 3.63) is 58.9 Å². The van der Waals surface area contributed by atoms with E-state index < -0.39 is 0 Å². The first-order chi connectivity index (χ1) is 12.2. The van der Waals surface area contributed by atoms with E-state index in [9.17, 15) is 9.18 Å². The van der Waals surface area contributed by atoms with Gasteiger partial charge in [0, 0.05) is 26.3 Å². The lowest BCUT2D eigenvalue weighted by Gasteiger charge is -2.11. The molecule has 6 heteroatoms. The smallest absolute Gasteiger partial charge is 0.267 e. The maximum atomic E-state index is 13.5. The van der Waals surface area contributed by atoms with Crippen LogP contribution in [0.25, 0.3) is 10.2 Å². The van der Waals surface area contributed by atoms with Crippen LogP contribution < -0.4 is 5.32 Å². The van der Waals surface area contributed by atoms with E-state index in [0.717, 1.165) is 22.2 Å². The van der Waals surface area contributed by atoms with Crippen LogP contribution in [0.5, 0.6) is 0 Å². The summed E-state index contributed by atoms with van der Waals surface area (Å²) in [5, 5.41) is 4.93. The van der Waals surface area contributed by atoms with Gasteiger partial charge >= 0.3 is 0 Å². The molecule has 1 N–H and O–H groups in total. The van der Waals surface area contributed by atoms with Gasteiger partial charge in [0.1, 0.15) is 11.5 Å². The topological polar surface area (TPSA) is 43.3 Å². The predicted molar refractivity (Wildman–Crippen MR) is 98.8 cm³/mol. The Kier molecular flexibility index (Phi) is 5.83. The second-order valence-electron chi connectivity index (χ2n) is 5.72. The van der Waals surface area contributed by atoms with Crippen molar-refractivity contribution in [2.75, 3.05) is 19.8 Å². The van der Waals surface area contributed by atoms with Crippen LogP contribution in [0.1, 0.15) is 29.4 Å². The molecule has 3 rings (SSSR count). The summed E-state index contributed by atoms with van der Waals surface area (Å²) in [6.45, 7) is 4.29. The number of hydrogen-bond acceptors (Lipinski definition) is 3. The van der Waals surface area contributed by atoms with Crippen LogP contribution in [0, 0.1) is 5.82 Å². The fraction of sp³-hybridized carbons (Fsp3) is 0.316. The van der Waals surface area contributed by atoms with Gasteiger partial charge in [0.05, 0.1) is 10.2 Å². The number of aromatic nitrogens is 1. The predicted octanol–water partition coefficient (Wildman–Crippen LogP) is 4.05. The highest BCUT2D eigenvalue weighted by molar-refractivity contribution is 7.17. The van der Waals surface area contributed by atoms with Crippen molar-refractivity contribution in [2.45, 2.75) is 19.9 Å². The van der Waals surface area contributed by atoms with E-state index in [2.05, 4.69) is 5.32 Å². The zero-order valence-corrected chi connectivity index (χ0v) is 14.9. The highest BCUT2D eigenvalue weighted by atomic mass is 32.1. The second-order valence-corrected chi connectivity index (χ2v) is 6.67. The molecule has 0 saturated carbocycles. The summed E-state index contributed by atoms with van der Waals surface area (Å²) in [6, 6.07) is 10.4. The Balaban J connectivity index is 1.78. The lowest BCUT2D eigenvalue weighted by atomic mass is 10.2. The van der Waals surface area contributed by atoms with Crippen LogP contribution >= 0.6 is 11.3 Å². The van der Waals surface area contributed by atoms with E-state index in [1.165, 1.54) is 12.1 Å². The Hall–Kier alpha value is -2.18. The van der Waals surface area contributed by atoms with Gasteiger partial charge in [0.15, 0.2) is 0 Å². The minimum atomic E-state index is -0.270. The maximum absolute atomic E-state index is 13.5. The van der Waals surface area contributed by atoms with Crippen LogP contribution in [0.15, 0.2) is 41.8 Å². The molecule has 0 aliphatic carbocycles. The zero-order chi connectivity index (χ0) is 17.6. The van der Waals surface area contributed by atoms with Gasteiger partial charge in [-0.2, -0.15) is 0 Å². The molecule has 2 heterocycles. The number of fused-ring (bicyclic) bond motifs is 1. The number of benzene rings is 1. The molecule has 0 atom stereocenters. The van der Waals surface area contributed by atoms with E-state index in [1.54, 1.807) is 17.4 Å². The number of halogens is 1. The molecule has 3 aromatic rings. The van der Waals surface area contributed by atoms with Crippen LogP contribution in [0.4, 0.5) is 4.39 Å². The van der Waals surface area contributed by atoms with Crippen LogP contribution in [0.2, 0.25) is 0 Å². The van der Waals surface area contributed by atoms with Crippen molar-refractivity contribution < 1.29 is 13.9 Å². The Morgan fingerprint density at radius 2 is 2.20 bits per heavy atom. The molecule has 132 valence electrons. The minimum absolute atomic E-state index is 0.115. The molecule has 0 aliphatic rings. The third-order valence-electron chi connectivity index (χ3n) is 3.94. The molecule has 4 nitrogen and oxygen atoms in total. The monoisotopic (exact) mass is 360 g/mol. The Bertz CT molecular complexity index is 856. The van der Waals surface area contributed by atoms with E-state index in [-0.39, 0.29) is 11.7 Å². The van der Waals surface area contributed by atoms with E-state index in [0.29, 0.717) is 32.0 Å². The minimum Gasteiger partial charge on any atom is -0.382 e. The molecule has 1 amide bonds. The quantitative estimate of drug-likeness (QED) is 0.616. The van der Waals surface area contributed by atoms with Gasteiger partial charge in [-0.15, -0.1) is 11.3 Å². The molecule has 0 radical (unpaired) electrons. The van der Waals surface area contributed by atoms with Gasteiger partial charge in [0.25, 0.3) is 5.91 Å². The highest BCUT2D eigenvalue weighted by Gasteiger charge is 2.16. The van der Waals surface area contributed by atoms with Crippen molar-refractivity contribution in [3.8, 4) is 0 Å². The first-order valence-corrected chi connectivity index (χ1v) is 9.24. The van der Waals surface area contributed by atoms with Crippen LogP contribution in [-0.2, 0) is 11.3 Å². The third-order valence-corrected chi connectivity index (χ3v) is 4.79. The average molecular weight is 360 g/mol. The lowest BCUT2D eigenvalue weighted by Crippen LogP contribution is -2.27. The van der Waals surface area contributed by atoms with E-state index in [1.807, 2.05) is 35.1 Å². The standard InChI is InChI=1S/C19H21FN2O2S/c1-2-24-9-4-8-21-19(23)17-12-18-16(7-10-25-18)22(17)13-14-5-3-6-15(20)11-14/h3,5-7,10-12H,2,4,8-9,13H2,1H3,(H,21,23). The summed E-state index contributed by atoms with van der Waals surface area (Å²) in [5.74, 6) is -0.385. The van der Waals surface area contributed by atoms with Crippen LogP contribution in [-0.4, -0.2) is 30.2 Å². The van der Waals surface area contributed by atoms with Crippen molar-refractivity contribution in [1.29, 1.82) is 0 Å². The summed E-state index contributed by atoms with van der Waals surface area (Å²) >= 11 is 1.59. The molecular formula is C19H21FN2O2S. The summed E-state index contributed by atoms with van der Waals surface area (Å²) < 4.78 is 21.8. The van der Waals surface area contributed by atoms with Gasteiger partial charge in [0.2, 0.25) is 0 Å². The lowest BCUT2D eigenvalue weighted by molar-refractivity contribution is 0.0936. The average Bonchev–Trinajstić information content (AvgIpc) is 3.17. The molecule has 0 saturated heterocycles. The molecule has 0 aliphatic heterocycles. The molecule has 0 unspecified atom stereocenters. The summed E-state index contributed by atoms with van der Waals surface area (Å²) in [4.78, 5) is 12.6. The molecule has 0 fully saturated rings. The van der Waals surface area contributed by atoms with E-state index in [4.69, 9.17) is 4.74 Å². The number of rotatable bonds is 8. The Morgan fingerprint density at radius 1 is 1.32 bits per heavy atom. The molecule has 0 spiro atoms. The van der Waals surface area contributed by atoms with E-state index >= 15 is 0 Å². The van der Waals surface area contributed by atoms with Crippen molar-refractivity contribution in [3.63, 3.8) is 0 Å². The fourth-order valence-electron chi connectivity index (χ4n) is 2.76. The molecule has 2 aromatic heterocycles. The first kappa shape index (κ1) is 17.6. The molecule has 1 aromatic carbocycles. The summed E-state index contributed by atoms with van der Waals surface area (Å²) in [7, 11) is 0. The summed E-state index contributed by atoms with van der Waals surface area (Å²) in [6.07, 6.45) is 0.776. The third kappa shape index (κ3) is 4.27. The number of nitrogens with one attached hydrogen (secondary N) is 1. The summed E-state index contributed by atoms with van der Waals surface area (Å²) in [5.41, 5.74) is 2.42. The Labute approximate surface area is 150 Å². The fourth-order valence-corrected chi connectivity index (χ4v) is 3.59. The Morgan fingerprint density at radius 3 is 3.00 bits per heavy atom. The first-order valence-electron chi connectivity index (χ1n) is 8.36. The van der Waals surface area contributed by atoms with Gasteiger partial charge in [-0.05, 0) is 48.6 Å². The largest absolute Gasteiger partial charge is 0.382 e. The number of thiophene rings is 1. The van der Waals surface area contributed by atoms with Crippen molar-refractivity contribution in [1.82, 2.24) is 9.88 Å². The van der Waals surface area contributed by atoms with Gasteiger partial charge in [-0.25, -0.2) is 4.39 Å². The number of nitrogens with zero attached hydrogens (tertiary/aromatic N) is 1. The second kappa shape index (κ2) is 8.27.